The van der Waals surface area contributed by atoms with E-state index in [-0.39, 0.29) is 29.0 Å². The molecule has 0 saturated carbocycles. The molecule has 1 N–H and O–H groups in total. The maximum absolute atomic E-state index is 13.1. The lowest BCUT2D eigenvalue weighted by atomic mass is 9.96. The highest BCUT2D eigenvalue weighted by Crippen LogP contribution is 2.33. The van der Waals surface area contributed by atoms with Gasteiger partial charge in [-0.1, -0.05) is 17.7 Å². The van der Waals surface area contributed by atoms with Crippen LogP contribution in [-0.2, 0) is 22.3 Å². The summed E-state index contributed by atoms with van der Waals surface area (Å²) in [6, 6.07) is 3.47. The molecule has 1 aliphatic rings. The summed E-state index contributed by atoms with van der Waals surface area (Å²) >= 11 is 5.66. The van der Waals surface area contributed by atoms with Gasteiger partial charge in [0.25, 0.3) is 0 Å². The Morgan fingerprint density at radius 1 is 1.21 bits per heavy atom. The van der Waals surface area contributed by atoms with Crippen LogP contribution in [0.5, 0.6) is 0 Å². The fourth-order valence-electron chi connectivity index (χ4n) is 2.94. The molecule has 1 aromatic carbocycles. The highest BCUT2D eigenvalue weighted by molar-refractivity contribution is 6.30. The van der Waals surface area contributed by atoms with Crippen LogP contribution >= 0.6 is 11.6 Å². The summed E-state index contributed by atoms with van der Waals surface area (Å²) < 4.78 is 44.7. The van der Waals surface area contributed by atoms with Gasteiger partial charge in [-0.25, -0.2) is 4.79 Å². The van der Waals surface area contributed by atoms with Crippen LogP contribution in [0.3, 0.4) is 0 Å². The quantitative estimate of drug-likeness (QED) is 0.776. The number of nitrogens with one attached hydrogen (secondary N) is 1. The van der Waals surface area contributed by atoms with Crippen molar-refractivity contribution >= 4 is 23.6 Å². The minimum Gasteiger partial charge on any atom is -0.444 e. The number of amides is 2. The number of alkyl halides is 3. The first kappa shape index (κ1) is 22.3. The number of hydrogen-bond acceptors (Lipinski definition) is 3. The zero-order valence-electron chi connectivity index (χ0n) is 16.0. The monoisotopic (exact) mass is 420 g/mol. The number of rotatable bonds is 3. The van der Waals surface area contributed by atoms with Crippen LogP contribution in [-0.4, -0.2) is 35.6 Å². The molecule has 0 atom stereocenters. The van der Waals surface area contributed by atoms with Crippen molar-refractivity contribution < 1.29 is 27.5 Å². The molecule has 2 rings (SSSR count). The predicted octanol–water partition coefficient (Wildman–Crippen LogP) is 4.62. The third-order valence-electron chi connectivity index (χ3n) is 4.35. The van der Waals surface area contributed by atoms with Gasteiger partial charge in [-0.05, 0) is 51.3 Å². The number of ether oxygens (including phenoxy) is 1. The van der Waals surface area contributed by atoms with E-state index in [1.165, 1.54) is 17.0 Å². The summed E-state index contributed by atoms with van der Waals surface area (Å²) in [6.07, 6.45) is -4.12. The third kappa shape index (κ3) is 6.29. The number of carbonyl (C=O) groups excluding carboxylic acids is 2. The van der Waals surface area contributed by atoms with Gasteiger partial charge in [0, 0.05) is 30.6 Å². The molecule has 0 bridgehead atoms. The molecular formula is C19H24ClF3N2O3. The molecule has 28 heavy (non-hydrogen) atoms. The summed E-state index contributed by atoms with van der Waals surface area (Å²) in [5, 5.41) is 2.55. The van der Waals surface area contributed by atoms with Gasteiger partial charge in [0.15, 0.2) is 0 Å². The molecule has 1 aromatic rings. The molecule has 9 heteroatoms. The van der Waals surface area contributed by atoms with E-state index in [1.807, 2.05) is 0 Å². The number of likely N-dealkylation sites (tertiary alicyclic amines) is 1. The summed E-state index contributed by atoms with van der Waals surface area (Å²) in [7, 11) is 0. The van der Waals surface area contributed by atoms with Crippen molar-refractivity contribution in [3.8, 4) is 0 Å². The van der Waals surface area contributed by atoms with Gasteiger partial charge in [0.05, 0.1) is 5.56 Å². The molecule has 156 valence electrons. The third-order valence-corrected chi connectivity index (χ3v) is 4.58. The lowest BCUT2D eigenvalue weighted by Crippen LogP contribution is -2.44. The van der Waals surface area contributed by atoms with E-state index in [0.717, 1.165) is 6.07 Å². The fraction of sp³-hybridized carbons (Fsp3) is 0.579. The lowest BCUT2D eigenvalue weighted by Gasteiger charge is -2.33. The molecule has 5 nitrogen and oxygen atoms in total. The van der Waals surface area contributed by atoms with Crippen LogP contribution in [0.1, 0.15) is 44.7 Å². The van der Waals surface area contributed by atoms with Crippen molar-refractivity contribution in [3.05, 3.63) is 34.3 Å². The van der Waals surface area contributed by atoms with Gasteiger partial charge in [0.1, 0.15) is 5.60 Å². The maximum atomic E-state index is 13.1. The Labute approximate surface area is 167 Å². The highest BCUT2D eigenvalue weighted by Gasteiger charge is 2.34. The summed E-state index contributed by atoms with van der Waals surface area (Å²) in [4.78, 5) is 25.9. The van der Waals surface area contributed by atoms with Crippen LogP contribution < -0.4 is 5.32 Å². The largest absolute Gasteiger partial charge is 0.444 e. The van der Waals surface area contributed by atoms with Gasteiger partial charge in [-0.2, -0.15) is 13.2 Å². The smallest absolute Gasteiger partial charge is 0.416 e. The molecule has 0 aliphatic carbocycles. The molecule has 0 aromatic heterocycles. The predicted molar refractivity (Wildman–Crippen MR) is 98.8 cm³/mol. The van der Waals surface area contributed by atoms with Crippen LogP contribution in [0.2, 0.25) is 5.02 Å². The van der Waals surface area contributed by atoms with Crippen molar-refractivity contribution in [1.82, 2.24) is 10.2 Å². The highest BCUT2D eigenvalue weighted by atomic mass is 35.5. The number of hydrogen-bond donors (Lipinski definition) is 1. The molecule has 0 radical (unpaired) electrons. The van der Waals surface area contributed by atoms with E-state index >= 15 is 0 Å². The Balaban J connectivity index is 1.90. The Morgan fingerprint density at radius 3 is 2.36 bits per heavy atom. The standard InChI is InChI=1S/C19H24ClF3N2O3/c1-18(2,3)28-17(27)25-8-6-12(7-9-25)16(26)24-11-13-4-5-14(20)10-15(13)19(21,22)23/h4-5,10,12H,6-9,11H2,1-3H3,(H,24,26). The lowest BCUT2D eigenvalue weighted by molar-refractivity contribution is -0.138. The van der Waals surface area contributed by atoms with Gasteiger partial charge in [-0.15, -0.1) is 0 Å². The van der Waals surface area contributed by atoms with E-state index in [2.05, 4.69) is 5.32 Å². The number of halogens is 4. The number of piperidine rings is 1. The van der Waals surface area contributed by atoms with Crippen LogP contribution in [0.25, 0.3) is 0 Å². The molecule has 1 saturated heterocycles. The average Bonchev–Trinajstić information content (AvgIpc) is 2.58. The average molecular weight is 421 g/mol. The van der Waals surface area contributed by atoms with E-state index < -0.39 is 23.4 Å². The van der Waals surface area contributed by atoms with Crippen molar-refractivity contribution in [2.45, 2.75) is 51.9 Å². The van der Waals surface area contributed by atoms with E-state index in [9.17, 15) is 22.8 Å². The number of benzene rings is 1. The molecule has 1 fully saturated rings. The Kier molecular flexibility index (Phi) is 6.85. The van der Waals surface area contributed by atoms with Crippen molar-refractivity contribution in [2.75, 3.05) is 13.1 Å². The Hall–Kier alpha value is -1.96. The van der Waals surface area contributed by atoms with Gasteiger partial charge >= 0.3 is 12.3 Å². The topological polar surface area (TPSA) is 58.6 Å². The second-order valence-corrected chi connectivity index (χ2v) is 8.20. The van der Waals surface area contributed by atoms with Crippen LogP contribution in [0.15, 0.2) is 18.2 Å². The molecule has 1 heterocycles. The summed E-state index contributed by atoms with van der Waals surface area (Å²) in [5.74, 6) is -0.688. The summed E-state index contributed by atoms with van der Waals surface area (Å²) in [5.41, 5.74) is -1.50. The molecule has 1 aliphatic heterocycles. The molecule has 0 unspecified atom stereocenters. The van der Waals surface area contributed by atoms with Crippen LogP contribution in [0, 0.1) is 5.92 Å². The molecule has 0 spiro atoms. The zero-order valence-corrected chi connectivity index (χ0v) is 16.8. The SMILES string of the molecule is CC(C)(C)OC(=O)N1CCC(C(=O)NCc2ccc(Cl)cc2C(F)(F)F)CC1. The van der Waals surface area contributed by atoms with Gasteiger partial charge in [0.2, 0.25) is 5.91 Å². The Morgan fingerprint density at radius 2 is 1.82 bits per heavy atom. The first-order valence-electron chi connectivity index (χ1n) is 8.98. The normalized spacial score (nSPS) is 16.0. The van der Waals surface area contributed by atoms with Crippen molar-refractivity contribution in [3.63, 3.8) is 0 Å². The maximum Gasteiger partial charge on any atom is 0.416 e. The zero-order chi connectivity index (χ0) is 21.1. The van der Waals surface area contributed by atoms with Crippen molar-refractivity contribution in [1.29, 1.82) is 0 Å². The van der Waals surface area contributed by atoms with Gasteiger partial charge < -0.3 is 15.0 Å². The second-order valence-electron chi connectivity index (χ2n) is 7.76. The molecular weight excluding hydrogens is 397 g/mol. The minimum atomic E-state index is -4.55. The first-order valence-corrected chi connectivity index (χ1v) is 9.36. The van der Waals surface area contributed by atoms with Crippen molar-refractivity contribution in [2.24, 2.45) is 5.92 Å². The summed E-state index contributed by atoms with van der Waals surface area (Å²) in [6.45, 7) is 5.81. The Bertz CT molecular complexity index is 724. The number of nitrogens with zero attached hydrogens (tertiary/aromatic N) is 1. The van der Waals surface area contributed by atoms with E-state index in [4.69, 9.17) is 16.3 Å². The first-order chi connectivity index (χ1) is 12.9. The van der Waals surface area contributed by atoms with E-state index in [1.54, 1.807) is 20.8 Å². The fourth-order valence-corrected chi connectivity index (χ4v) is 3.12. The van der Waals surface area contributed by atoms with E-state index in [0.29, 0.717) is 25.9 Å². The van der Waals surface area contributed by atoms with Gasteiger partial charge in [-0.3, -0.25) is 4.79 Å². The number of carbonyl (C=O) groups is 2. The minimum absolute atomic E-state index is 0.0167. The second kappa shape index (κ2) is 8.59. The molecule has 2 amide bonds. The van der Waals surface area contributed by atoms with Crippen LogP contribution in [0.4, 0.5) is 18.0 Å².